The highest BCUT2D eigenvalue weighted by Gasteiger charge is 2.11. The van der Waals surface area contributed by atoms with Crippen molar-refractivity contribution in [2.45, 2.75) is 11.4 Å². The van der Waals surface area contributed by atoms with Crippen LogP contribution in [0.15, 0.2) is 45.8 Å². The van der Waals surface area contributed by atoms with Crippen LogP contribution in [0, 0.1) is 5.82 Å². The minimum Gasteiger partial charge on any atom is -0.379 e. The molecule has 0 unspecified atom stereocenters. The third kappa shape index (κ3) is 4.18. The van der Waals surface area contributed by atoms with E-state index in [2.05, 4.69) is 21.2 Å². The number of rotatable bonds is 4. The number of anilines is 1. The van der Waals surface area contributed by atoms with Gasteiger partial charge in [-0.25, -0.2) is 12.8 Å². The molecule has 0 aliphatic rings. The lowest BCUT2D eigenvalue weighted by Gasteiger charge is -2.10. The van der Waals surface area contributed by atoms with Crippen molar-refractivity contribution < 1.29 is 12.8 Å². The SMILES string of the molecule is CS(=O)(=O)c1ccc(F)c(NCc2ccc(Cl)c(Br)c2)c1. The Kier molecular flexibility index (Phi) is 4.91. The largest absolute Gasteiger partial charge is 0.379 e. The van der Waals surface area contributed by atoms with E-state index in [0.29, 0.717) is 11.6 Å². The molecular formula is C14H12BrClFNO2S. The van der Waals surface area contributed by atoms with Gasteiger partial charge in [-0.3, -0.25) is 0 Å². The van der Waals surface area contributed by atoms with Crippen LogP contribution in [0.5, 0.6) is 0 Å². The molecule has 0 saturated heterocycles. The van der Waals surface area contributed by atoms with E-state index in [4.69, 9.17) is 11.6 Å². The molecular weight excluding hydrogens is 381 g/mol. The van der Waals surface area contributed by atoms with Gasteiger partial charge in [-0.2, -0.15) is 0 Å². The molecule has 0 heterocycles. The summed E-state index contributed by atoms with van der Waals surface area (Å²) in [5.74, 6) is -0.504. The third-order valence-electron chi connectivity index (χ3n) is 2.83. The monoisotopic (exact) mass is 391 g/mol. The quantitative estimate of drug-likeness (QED) is 0.791. The van der Waals surface area contributed by atoms with E-state index in [0.717, 1.165) is 22.4 Å². The van der Waals surface area contributed by atoms with Gasteiger partial charge >= 0.3 is 0 Å². The number of nitrogens with one attached hydrogen (secondary N) is 1. The van der Waals surface area contributed by atoms with E-state index >= 15 is 0 Å². The lowest BCUT2D eigenvalue weighted by atomic mass is 10.2. The second-order valence-corrected chi connectivity index (χ2v) is 7.79. The first-order valence-electron chi connectivity index (χ1n) is 5.95. The highest BCUT2D eigenvalue weighted by molar-refractivity contribution is 9.10. The van der Waals surface area contributed by atoms with Crippen LogP contribution < -0.4 is 5.32 Å². The number of halogens is 3. The lowest BCUT2D eigenvalue weighted by Crippen LogP contribution is -2.04. The van der Waals surface area contributed by atoms with Gasteiger partial charge in [-0.1, -0.05) is 17.7 Å². The zero-order valence-electron chi connectivity index (χ0n) is 11.0. The summed E-state index contributed by atoms with van der Waals surface area (Å²) in [6.07, 6.45) is 1.08. The Balaban J connectivity index is 2.21. The summed E-state index contributed by atoms with van der Waals surface area (Å²) in [7, 11) is -3.37. The predicted octanol–water partition coefficient (Wildman–Crippen LogP) is 4.26. The zero-order chi connectivity index (χ0) is 15.6. The molecule has 2 aromatic carbocycles. The standard InChI is InChI=1S/C14H12BrClFNO2S/c1-21(19,20)10-3-5-13(17)14(7-10)18-8-9-2-4-12(16)11(15)6-9/h2-7,18H,8H2,1H3. The maximum atomic E-state index is 13.7. The molecule has 0 aliphatic heterocycles. The lowest BCUT2D eigenvalue weighted by molar-refractivity contribution is 0.600. The summed E-state index contributed by atoms with van der Waals surface area (Å²) in [6.45, 7) is 0.347. The molecule has 0 fully saturated rings. The zero-order valence-corrected chi connectivity index (χ0v) is 14.2. The van der Waals surface area contributed by atoms with E-state index in [9.17, 15) is 12.8 Å². The highest BCUT2D eigenvalue weighted by atomic mass is 79.9. The van der Waals surface area contributed by atoms with Gasteiger partial charge in [0.15, 0.2) is 9.84 Å². The molecule has 0 bridgehead atoms. The van der Waals surface area contributed by atoms with Crippen LogP contribution in [0.2, 0.25) is 5.02 Å². The topological polar surface area (TPSA) is 46.2 Å². The molecule has 1 N–H and O–H groups in total. The second kappa shape index (κ2) is 6.34. The minimum absolute atomic E-state index is 0.0729. The third-order valence-corrected chi connectivity index (χ3v) is 5.16. The van der Waals surface area contributed by atoms with Gasteiger partial charge in [0, 0.05) is 17.3 Å². The average molecular weight is 393 g/mol. The number of sulfone groups is 1. The second-order valence-electron chi connectivity index (χ2n) is 4.52. The van der Waals surface area contributed by atoms with E-state index in [1.165, 1.54) is 12.1 Å². The van der Waals surface area contributed by atoms with E-state index in [1.54, 1.807) is 12.1 Å². The Hall–Kier alpha value is -1.11. The van der Waals surface area contributed by atoms with Crippen molar-refractivity contribution in [3.05, 3.63) is 57.3 Å². The van der Waals surface area contributed by atoms with Crippen molar-refractivity contribution in [3.63, 3.8) is 0 Å². The molecule has 0 spiro atoms. The van der Waals surface area contributed by atoms with Gasteiger partial charge in [-0.05, 0) is 51.8 Å². The maximum absolute atomic E-state index is 13.7. The fourth-order valence-corrected chi connectivity index (χ4v) is 2.91. The summed E-state index contributed by atoms with van der Waals surface area (Å²) in [4.78, 5) is 0.0729. The van der Waals surface area contributed by atoms with Crippen molar-refractivity contribution in [1.29, 1.82) is 0 Å². The van der Waals surface area contributed by atoms with E-state index < -0.39 is 15.7 Å². The number of benzene rings is 2. The predicted molar refractivity (Wildman–Crippen MR) is 86.0 cm³/mol. The van der Waals surface area contributed by atoms with Crippen molar-refractivity contribution >= 4 is 43.1 Å². The Morgan fingerprint density at radius 1 is 1.24 bits per heavy atom. The Labute approximate surface area is 136 Å². The molecule has 2 aromatic rings. The molecule has 0 aromatic heterocycles. The van der Waals surface area contributed by atoms with Gasteiger partial charge in [0.05, 0.1) is 15.6 Å². The molecule has 2 rings (SSSR count). The van der Waals surface area contributed by atoms with Gasteiger partial charge < -0.3 is 5.32 Å². The summed E-state index contributed by atoms with van der Waals surface area (Å²) in [5, 5.41) is 3.47. The van der Waals surface area contributed by atoms with Gasteiger partial charge in [0.2, 0.25) is 0 Å². The van der Waals surface area contributed by atoms with Crippen molar-refractivity contribution in [2.75, 3.05) is 11.6 Å². The van der Waals surface area contributed by atoms with Crippen LogP contribution in [0.25, 0.3) is 0 Å². The molecule has 0 saturated carbocycles. The summed E-state index contributed by atoms with van der Waals surface area (Å²) >= 11 is 9.21. The summed E-state index contributed by atoms with van der Waals surface area (Å²) in [5.41, 5.74) is 1.03. The Morgan fingerprint density at radius 3 is 2.57 bits per heavy atom. The van der Waals surface area contributed by atoms with Crippen molar-refractivity contribution in [1.82, 2.24) is 0 Å². The van der Waals surface area contributed by atoms with Crippen LogP contribution in [0.4, 0.5) is 10.1 Å². The molecule has 21 heavy (non-hydrogen) atoms. The molecule has 0 radical (unpaired) electrons. The molecule has 0 aliphatic carbocycles. The van der Waals surface area contributed by atoms with Gasteiger partial charge in [0.25, 0.3) is 0 Å². The van der Waals surface area contributed by atoms with E-state index in [1.807, 2.05) is 6.07 Å². The molecule has 7 heteroatoms. The first kappa shape index (κ1) is 16.3. The number of hydrogen-bond acceptors (Lipinski definition) is 3. The van der Waals surface area contributed by atoms with Crippen LogP contribution in [0.1, 0.15) is 5.56 Å². The van der Waals surface area contributed by atoms with Crippen LogP contribution >= 0.6 is 27.5 Å². The van der Waals surface area contributed by atoms with Crippen molar-refractivity contribution in [2.24, 2.45) is 0 Å². The van der Waals surface area contributed by atoms with Gasteiger partial charge in [0.1, 0.15) is 5.82 Å². The smallest absolute Gasteiger partial charge is 0.175 e. The maximum Gasteiger partial charge on any atom is 0.175 e. The molecule has 3 nitrogen and oxygen atoms in total. The van der Waals surface area contributed by atoms with Crippen LogP contribution in [-0.4, -0.2) is 14.7 Å². The number of hydrogen-bond donors (Lipinski definition) is 1. The van der Waals surface area contributed by atoms with Crippen molar-refractivity contribution in [3.8, 4) is 0 Å². The first-order valence-corrected chi connectivity index (χ1v) is 9.01. The fraction of sp³-hybridized carbons (Fsp3) is 0.143. The summed E-state index contributed by atoms with van der Waals surface area (Å²) in [6, 6.07) is 9.01. The minimum atomic E-state index is -3.37. The average Bonchev–Trinajstić information content (AvgIpc) is 2.40. The Morgan fingerprint density at radius 2 is 1.95 bits per heavy atom. The van der Waals surface area contributed by atoms with E-state index in [-0.39, 0.29) is 10.6 Å². The van der Waals surface area contributed by atoms with Crippen LogP contribution in [-0.2, 0) is 16.4 Å². The molecule has 0 amide bonds. The fourth-order valence-electron chi connectivity index (χ4n) is 1.72. The normalized spacial score (nSPS) is 11.4. The molecule has 0 atom stereocenters. The highest BCUT2D eigenvalue weighted by Crippen LogP contribution is 2.24. The Bertz CT molecular complexity index is 781. The summed E-state index contributed by atoms with van der Waals surface area (Å²) < 4.78 is 37.4. The molecule has 112 valence electrons. The first-order chi connectivity index (χ1) is 9.77. The van der Waals surface area contributed by atoms with Crippen LogP contribution in [0.3, 0.4) is 0 Å². The van der Waals surface area contributed by atoms with Gasteiger partial charge in [-0.15, -0.1) is 0 Å².